The van der Waals surface area contributed by atoms with Gasteiger partial charge in [0.25, 0.3) is 0 Å². The molecule has 14 heteroatoms. The number of hydrogen-bond acceptors (Lipinski definition) is 4. The van der Waals surface area contributed by atoms with Gasteiger partial charge >= 0.3 is 25.4 Å². The lowest BCUT2D eigenvalue weighted by atomic mass is 10.0. The van der Waals surface area contributed by atoms with Gasteiger partial charge < -0.3 is 39.6 Å². The number of hydrogen-bond donors (Lipinski definition) is 8. The van der Waals surface area contributed by atoms with E-state index in [4.69, 9.17) is 39.6 Å². The number of aliphatic carboxylic acids is 2. The van der Waals surface area contributed by atoms with Gasteiger partial charge in [0.15, 0.2) is 0 Å². The summed E-state index contributed by atoms with van der Waals surface area (Å²) >= 11 is 7.21. The molecule has 0 heterocycles. The highest BCUT2D eigenvalue weighted by molar-refractivity contribution is 8.06. The zero-order chi connectivity index (χ0) is 24.2. The van der Waals surface area contributed by atoms with E-state index in [0.717, 1.165) is 19.3 Å². The van der Waals surface area contributed by atoms with E-state index in [-0.39, 0.29) is 6.42 Å². The molecule has 0 radical (unpaired) electrons. The minimum absolute atomic E-state index is 0.344. The lowest BCUT2D eigenvalue weighted by Crippen LogP contribution is -2.15. The van der Waals surface area contributed by atoms with Gasteiger partial charge in [0, 0.05) is 0 Å². The van der Waals surface area contributed by atoms with Crippen molar-refractivity contribution in [1.29, 1.82) is 0 Å². The van der Waals surface area contributed by atoms with E-state index in [0.29, 0.717) is 0 Å². The SMILES string of the molecule is CCCCCCCCCCC=CC(CC(=O)O)C(=O)O.OP(O)(O)=S.OP(O)(O)=S. The molecule has 1 atom stereocenters. The van der Waals surface area contributed by atoms with Gasteiger partial charge in [-0.05, 0) is 36.5 Å². The summed E-state index contributed by atoms with van der Waals surface area (Å²) in [5, 5.41) is 17.4. The largest absolute Gasteiger partial charge is 0.481 e. The van der Waals surface area contributed by atoms with Gasteiger partial charge in [-0.3, -0.25) is 9.59 Å². The lowest BCUT2D eigenvalue weighted by Gasteiger charge is -2.03. The van der Waals surface area contributed by atoms with Gasteiger partial charge in [-0.1, -0.05) is 64.0 Å². The summed E-state index contributed by atoms with van der Waals surface area (Å²) in [6.45, 7) is -5.40. The summed E-state index contributed by atoms with van der Waals surface area (Å²) in [5.74, 6) is -3.05. The highest BCUT2D eigenvalue weighted by atomic mass is 32.5. The fraction of sp³-hybridized carbons (Fsp3) is 0.750. The first kappa shape index (κ1) is 34.4. The molecule has 0 aliphatic heterocycles. The Morgan fingerprint density at radius 3 is 1.50 bits per heavy atom. The van der Waals surface area contributed by atoms with Gasteiger partial charge in [0.05, 0.1) is 12.3 Å². The summed E-state index contributed by atoms with van der Waals surface area (Å²) in [7, 11) is 0. The van der Waals surface area contributed by atoms with E-state index in [1.807, 2.05) is 0 Å². The Balaban J connectivity index is -0.000000599. The van der Waals surface area contributed by atoms with Crippen molar-refractivity contribution >= 4 is 49.0 Å². The fourth-order valence-electron chi connectivity index (χ4n) is 2.08. The van der Waals surface area contributed by atoms with Crippen LogP contribution >= 0.6 is 13.4 Å². The summed E-state index contributed by atoms with van der Waals surface area (Å²) in [6, 6.07) is 0. The van der Waals surface area contributed by atoms with Crippen molar-refractivity contribution in [2.75, 3.05) is 0 Å². The summed E-state index contributed by atoms with van der Waals surface area (Å²) in [5.41, 5.74) is 0. The molecule has 180 valence electrons. The van der Waals surface area contributed by atoms with E-state index in [2.05, 4.69) is 30.5 Å². The van der Waals surface area contributed by atoms with Gasteiger partial charge in [-0.25, -0.2) is 0 Å². The molecule has 0 amide bonds. The number of allylic oxidation sites excluding steroid dienone is 1. The lowest BCUT2D eigenvalue weighted by molar-refractivity contribution is -0.146. The molecule has 0 saturated carbocycles. The van der Waals surface area contributed by atoms with E-state index in [1.54, 1.807) is 6.08 Å². The number of carboxylic acids is 2. The fourth-order valence-corrected chi connectivity index (χ4v) is 2.08. The molecule has 0 spiro atoms. The van der Waals surface area contributed by atoms with E-state index < -0.39 is 31.3 Å². The van der Waals surface area contributed by atoms with Crippen molar-refractivity contribution in [3.8, 4) is 0 Å². The third-order valence-electron chi connectivity index (χ3n) is 3.30. The molecule has 0 rings (SSSR count). The van der Waals surface area contributed by atoms with Crippen molar-refractivity contribution in [2.24, 2.45) is 5.92 Å². The molecule has 10 nitrogen and oxygen atoms in total. The molecule has 0 aromatic heterocycles. The highest BCUT2D eigenvalue weighted by Crippen LogP contribution is 2.27. The standard InChI is InChI=1S/C16H28O4.2H3O3PS/c1-2-3-4-5-6-7-8-9-10-11-12-14(16(19)20)13-15(17)18;2*1-4(2,3)5/h11-12,14H,2-10,13H2,1H3,(H,17,18)(H,19,20);2*(H3,1,2,3,5). The van der Waals surface area contributed by atoms with Crippen LogP contribution in [-0.4, -0.2) is 51.5 Å². The maximum atomic E-state index is 10.8. The first-order chi connectivity index (χ1) is 13.6. The Labute approximate surface area is 187 Å². The molecule has 8 N–H and O–H groups in total. The molecule has 0 saturated heterocycles. The van der Waals surface area contributed by atoms with Crippen LogP contribution in [-0.2, 0) is 33.2 Å². The second-order valence-corrected chi connectivity index (χ2v) is 11.3. The van der Waals surface area contributed by atoms with Crippen LogP contribution in [0.4, 0.5) is 0 Å². The van der Waals surface area contributed by atoms with Gasteiger partial charge in [0.2, 0.25) is 0 Å². The molecule has 0 aliphatic carbocycles. The Hall–Kier alpha value is -0.260. The topological polar surface area (TPSA) is 196 Å². The molecule has 0 aromatic carbocycles. The predicted octanol–water partition coefficient (Wildman–Crippen LogP) is 2.62. The van der Waals surface area contributed by atoms with Crippen LogP contribution in [0.25, 0.3) is 0 Å². The molecule has 30 heavy (non-hydrogen) atoms. The molecule has 0 aliphatic rings. The first-order valence-corrected chi connectivity index (χ1v) is 14.6. The smallest absolute Gasteiger partial charge is 0.319 e. The van der Waals surface area contributed by atoms with Crippen LogP contribution in [0.1, 0.15) is 71.1 Å². The Kier molecular flexibility index (Phi) is 23.6. The Morgan fingerprint density at radius 1 is 0.800 bits per heavy atom. The zero-order valence-corrected chi connectivity index (χ0v) is 20.3. The average Bonchev–Trinajstić information content (AvgIpc) is 2.51. The Bertz CT molecular complexity index is 538. The third kappa shape index (κ3) is 50.9. The van der Waals surface area contributed by atoms with Crippen molar-refractivity contribution in [3.63, 3.8) is 0 Å². The van der Waals surface area contributed by atoms with E-state index in [9.17, 15) is 9.59 Å². The summed E-state index contributed by atoms with van der Waals surface area (Å²) in [6.07, 6.45) is 13.7. The number of carbonyl (C=O) groups is 2. The maximum Gasteiger partial charge on any atom is 0.319 e. The summed E-state index contributed by atoms with van der Waals surface area (Å²) in [4.78, 5) is 66.7. The van der Waals surface area contributed by atoms with Crippen LogP contribution < -0.4 is 0 Å². The first-order valence-electron chi connectivity index (χ1n) is 9.25. The van der Waals surface area contributed by atoms with Gasteiger partial charge in [0.1, 0.15) is 0 Å². The molecule has 1 unspecified atom stereocenters. The number of rotatable bonds is 13. The average molecular weight is 513 g/mol. The van der Waals surface area contributed by atoms with Crippen molar-refractivity contribution < 1.29 is 49.2 Å². The molecular formula is C16H34O10P2S2. The minimum Gasteiger partial charge on any atom is -0.481 e. The third-order valence-corrected chi connectivity index (χ3v) is 3.30. The second-order valence-electron chi connectivity index (χ2n) is 6.26. The predicted molar refractivity (Wildman–Crippen MR) is 122 cm³/mol. The van der Waals surface area contributed by atoms with Crippen molar-refractivity contribution in [2.45, 2.75) is 71.1 Å². The normalized spacial score (nSPS) is 12.4. The number of carboxylic acid groups (broad SMARTS) is 2. The molecular weight excluding hydrogens is 478 g/mol. The Morgan fingerprint density at radius 2 is 1.17 bits per heavy atom. The van der Waals surface area contributed by atoms with Crippen LogP contribution in [0.2, 0.25) is 0 Å². The van der Waals surface area contributed by atoms with Crippen LogP contribution in [0.5, 0.6) is 0 Å². The zero-order valence-electron chi connectivity index (χ0n) is 16.9. The van der Waals surface area contributed by atoms with Crippen LogP contribution in [0.3, 0.4) is 0 Å². The minimum atomic E-state index is -3.81. The van der Waals surface area contributed by atoms with Gasteiger partial charge in [-0.15, -0.1) is 0 Å². The monoisotopic (exact) mass is 512 g/mol. The van der Waals surface area contributed by atoms with Crippen molar-refractivity contribution in [1.82, 2.24) is 0 Å². The number of unbranched alkanes of at least 4 members (excludes halogenated alkanes) is 8. The van der Waals surface area contributed by atoms with E-state index in [1.165, 1.54) is 44.6 Å². The maximum absolute atomic E-state index is 10.8. The van der Waals surface area contributed by atoms with E-state index >= 15 is 0 Å². The molecule has 0 bridgehead atoms. The quantitative estimate of drug-likeness (QED) is 0.102. The van der Waals surface area contributed by atoms with Crippen LogP contribution in [0.15, 0.2) is 12.2 Å². The van der Waals surface area contributed by atoms with Gasteiger partial charge in [-0.2, -0.15) is 0 Å². The molecule has 0 aromatic rings. The molecule has 0 fully saturated rings. The highest BCUT2D eigenvalue weighted by Gasteiger charge is 2.17. The second kappa shape index (κ2) is 20.6. The van der Waals surface area contributed by atoms with Crippen LogP contribution in [0, 0.1) is 5.92 Å². The van der Waals surface area contributed by atoms with Crippen molar-refractivity contribution in [3.05, 3.63) is 12.2 Å². The summed E-state index contributed by atoms with van der Waals surface area (Å²) < 4.78 is 0.